The number of hydrogen-bond donors (Lipinski definition) is 2. The first kappa shape index (κ1) is 16.8. The van der Waals surface area contributed by atoms with Crippen molar-refractivity contribution in [2.24, 2.45) is 28.6 Å². The summed E-state index contributed by atoms with van der Waals surface area (Å²) in [4.78, 5) is 0. The molecule has 4 rings (SSSR count). The Kier molecular flexibility index (Phi) is 3.96. The number of hydrogen-bond acceptors (Lipinski definition) is 2. The molecule has 24 heavy (non-hydrogen) atoms. The van der Waals surface area contributed by atoms with E-state index in [1.54, 1.807) is 0 Å². The quantitative estimate of drug-likeness (QED) is 0.692. The van der Waals surface area contributed by atoms with Crippen LogP contribution in [0, 0.1) is 28.6 Å². The summed E-state index contributed by atoms with van der Waals surface area (Å²) in [6, 6.07) is 0. The highest BCUT2D eigenvalue weighted by Gasteiger charge is 2.57. The second kappa shape index (κ2) is 5.67. The van der Waals surface area contributed by atoms with Gasteiger partial charge in [-0.1, -0.05) is 25.5 Å². The van der Waals surface area contributed by atoms with Crippen LogP contribution in [0.1, 0.15) is 65.2 Å². The molecule has 0 heterocycles. The number of aliphatic hydroxyl groups excluding tert-OH is 2. The van der Waals surface area contributed by atoms with E-state index in [-0.39, 0.29) is 22.8 Å². The van der Waals surface area contributed by atoms with Gasteiger partial charge in [0.25, 0.3) is 0 Å². The van der Waals surface area contributed by atoms with Crippen molar-refractivity contribution >= 4 is 0 Å². The summed E-state index contributed by atoms with van der Waals surface area (Å²) < 4.78 is 14.3. The highest BCUT2D eigenvalue weighted by Crippen LogP contribution is 2.66. The highest BCUT2D eigenvalue weighted by molar-refractivity contribution is 5.30. The summed E-state index contributed by atoms with van der Waals surface area (Å²) in [5.74, 6) is 1.60. The normalized spacial score (nSPS) is 49.8. The largest absolute Gasteiger partial charge is 0.393 e. The van der Waals surface area contributed by atoms with Crippen molar-refractivity contribution in [3.8, 4) is 0 Å². The van der Waals surface area contributed by atoms with Crippen molar-refractivity contribution in [3.05, 3.63) is 23.0 Å². The smallest absolute Gasteiger partial charge is 0.125 e. The Balaban J connectivity index is 1.68. The van der Waals surface area contributed by atoms with Gasteiger partial charge in [-0.2, -0.15) is 0 Å². The highest BCUT2D eigenvalue weighted by atomic mass is 19.1. The molecule has 2 nitrogen and oxygen atoms in total. The Morgan fingerprint density at radius 1 is 1.17 bits per heavy atom. The number of aliphatic hydroxyl groups is 2. The molecule has 134 valence electrons. The molecule has 2 N–H and O–H groups in total. The van der Waals surface area contributed by atoms with Crippen molar-refractivity contribution in [2.45, 2.75) is 71.3 Å². The van der Waals surface area contributed by atoms with Crippen LogP contribution in [-0.4, -0.2) is 22.9 Å². The molecule has 0 unspecified atom stereocenters. The fourth-order valence-electron chi connectivity index (χ4n) is 7.00. The molecule has 0 aromatic carbocycles. The van der Waals surface area contributed by atoms with Gasteiger partial charge in [-0.05, 0) is 85.5 Å². The van der Waals surface area contributed by atoms with Gasteiger partial charge < -0.3 is 10.2 Å². The zero-order valence-electron chi connectivity index (χ0n) is 15.0. The third-order valence-electron chi connectivity index (χ3n) is 8.33. The molecule has 4 aliphatic carbocycles. The summed E-state index contributed by atoms with van der Waals surface area (Å²) >= 11 is 0. The van der Waals surface area contributed by atoms with Crippen molar-refractivity contribution in [1.82, 2.24) is 0 Å². The van der Waals surface area contributed by atoms with Gasteiger partial charge in [0.05, 0.1) is 12.7 Å². The molecule has 6 atom stereocenters. The van der Waals surface area contributed by atoms with Crippen LogP contribution in [-0.2, 0) is 0 Å². The monoisotopic (exact) mass is 334 g/mol. The van der Waals surface area contributed by atoms with E-state index in [1.165, 1.54) is 5.57 Å². The third kappa shape index (κ3) is 2.20. The fourth-order valence-corrected chi connectivity index (χ4v) is 7.00. The van der Waals surface area contributed by atoms with Crippen LogP contribution in [0.25, 0.3) is 0 Å². The molecule has 0 aromatic rings. The first-order valence-electron chi connectivity index (χ1n) is 9.76. The van der Waals surface area contributed by atoms with Gasteiger partial charge in [0.2, 0.25) is 0 Å². The molecule has 0 aromatic heterocycles. The molecule has 0 aliphatic heterocycles. The average Bonchev–Trinajstić information content (AvgIpc) is 2.92. The average molecular weight is 334 g/mol. The molecule has 0 bridgehead atoms. The van der Waals surface area contributed by atoms with Crippen LogP contribution in [0.4, 0.5) is 4.39 Å². The SMILES string of the molecule is C[C@]12CC[C@H](O)CC1=CC[C@@H]1[C@@H]2CC[C@]2(C)/C(=C(\F)CO)CC[C@@H]12. The van der Waals surface area contributed by atoms with E-state index in [1.807, 2.05) is 0 Å². The fraction of sp³-hybridized carbons (Fsp3) is 0.810. The number of fused-ring (bicyclic) bond motifs is 5. The van der Waals surface area contributed by atoms with Crippen molar-refractivity contribution in [1.29, 1.82) is 0 Å². The molecule has 0 spiro atoms. The van der Waals surface area contributed by atoms with E-state index in [2.05, 4.69) is 19.9 Å². The van der Waals surface area contributed by atoms with Crippen molar-refractivity contribution in [3.63, 3.8) is 0 Å². The second-order valence-corrected chi connectivity index (χ2v) is 9.19. The lowest BCUT2D eigenvalue weighted by Crippen LogP contribution is -2.49. The number of allylic oxidation sites excluding steroid dienone is 2. The van der Waals surface area contributed by atoms with E-state index in [9.17, 15) is 14.6 Å². The van der Waals surface area contributed by atoms with Gasteiger partial charge in [0, 0.05) is 0 Å². The second-order valence-electron chi connectivity index (χ2n) is 9.19. The minimum absolute atomic E-state index is 0.0517. The zero-order valence-corrected chi connectivity index (χ0v) is 15.0. The van der Waals surface area contributed by atoms with E-state index in [0.717, 1.165) is 56.9 Å². The van der Waals surface area contributed by atoms with Gasteiger partial charge in [0.15, 0.2) is 0 Å². The lowest BCUT2D eigenvalue weighted by Gasteiger charge is -2.57. The first-order chi connectivity index (χ1) is 11.4. The molecule has 4 aliphatic rings. The molecule has 3 heteroatoms. The van der Waals surface area contributed by atoms with Gasteiger partial charge in [0.1, 0.15) is 5.83 Å². The van der Waals surface area contributed by atoms with Gasteiger partial charge >= 0.3 is 0 Å². The topological polar surface area (TPSA) is 40.5 Å². The summed E-state index contributed by atoms with van der Waals surface area (Å²) in [6.45, 7) is 4.23. The molecular weight excluding hydrogens is 303 g/mol. The molecular formula is C21H31FO2. The maximum absolute atomic E-state index is 14.3. The predicted molar refractivity (Wildman–Crippen MR) is 92.9 cm³/mol. The van der Waals surface area contributed by atoms with Crippen LogP contribution >= 0.6 is 0 Å². The minimum atomic E-state index is -0.439. The molecule has 3 fully saturated rings. The van der Waals surface area contributed by atoms with Crippen LogP contribution in [0.5, 0.6) is 0 Å². The van der Waals surface area contributed by atoms with Gasteiger partial charge in [-0.3, -0.25) is 0 Å². The van der Waals surface area contributed by atoms with Gasteiger partial charge in [-0.25, -0.2) is 4.39 Å². The maximum atomic E-state index is 14.3. The summed E-state index contributed by atoms with van der Waals surface area (Å²) in [6.07, 6.45) is 10.3. The van der Waals surface area contributed by atoms with Crippen molar-refractivity contribution < 1.29 is 14.6 Å². The van der Waals surface area contributed by atoms with Crippen molar-refractivity contribution in [2.75, 3.05) is 6.61 Å². The Morgan fingerprint density at radius 3 is 2.62 bits per heavy atom. The van der Waals surface area contributed by atoms with E-state index < -0.39 is 6.61 Å². The van der Waals surface area contributed by atoms with Crippen LogP contribution in [0.3, 0.4) is 0 Å². The number of halogens is 1. The summed E-state index contributed by atoms with van der Waals surface area (Å²) in [7, 11) is 0. The van der Waals surface area contributed by atoms with Gasteiger partial charge in [-0.15, -0.1) is 0 Å². The lowest BCUT2D eigenvalue weighted by molar-refractivity contribution is -0.0274. The Labute approximate surface area is 144 Å². The Morgan fingerprint density at radius 2 is 1.88 bits per heavy atom. The van der Waals surface area contributed by atoms with Crippen LogP contribution in [0.15, 0.2) is 23.0 Å². The number of rotatable bonds is 1. The Bertz CT molecular complexity index is 595. The van der Waals surface area contributed by atoms with E-state index >= 15 is 0 Å². The molecule has 0 amide bonds. The zero-order chi connectivity index (χ0) is 17.1. The summed E-state index contributed by atoms with van der Waals surface area (Å²) in [5, 5.41) is 19.3. The van der Waals surface area contributed by atoms with Crippen LogP contribution < -0.4 is 0 Å². The Hall–Kier alpha value is -0.670. The minimum Gasteiger partial charge on any atom is -0.393 e. The first-order valence-corrected chi connectivity index (χ1v) is 9.76. The molecule has 0 saturated heterocycles. The summed E-state index contributed by atoms with van der Waals surface area (Å²) in [5.41, 5.74) is 2.59. The van der Waals surface area contributed by atoms with Crippen LogP contribution in [0.2, 0.25) is 0 Å². The molecule has 3 saturated carbocycles. The standard InChI is InChI=1S/C21H31FO2/c1-20-9-7-14(24)11-13(20)3-4-15-16-5-6-18(19(22)12-23)21(16,2)10-8-17(15)20/h3,14-17,23-24H,4-12H2,1-2H3/b19-18-/t14-,15-,16-,17-,20-,21-/m0/s1. The predicted octanol–water partition coefficient (Wildman–Crippen LogP) is 4.53. The molecule has 0 radical (unpaired) electrons. The lowest BCUT2D eigenvalue weighted by atomic mass is 9.48. The van der Waals surface area contributed by atoms with E-state index in [4.69, 9.17) is 0 Å². The third-order valence-corrected chi connectivity index (χ3v) is 8.33. The van der Waals surface area contributed by atoms with E-state index in [0.29, 0.717) is 17.8 Å². The maximum Gasteiger partial charge on any atom is 0.125 e.